The highest BCUT2D eigenvalue weighted by atomic mass is 19.4. The van der Waals surface area contributed by atoms with Crippen molar-refractivity contribution in [3.63, 3.8) is 0 Å². The van der Waals surface area contributed by atoms with Crippen LogP contribution >= 0.6 is 0 Å². The number of rotatable bonds is 4. The van der Waals surface area contributed by atoms with Gasteiger partial charge in [0.25, 0.3) is 0 Å². The molecule has 0 aliphatic heterocycles. The van der Waals surface area contributed by atoms with E-state index in [1.165, 1.54) is 17.0 Å². The Hall–Kier alpha value is -1.99. The molecule has 2 N–H and O–H groups in total. The predicted molar refractivity (Wildman–Crippen MR) is 64.8 cm³/mol. The second-order valence-electron chi connectivity index (χ2n) is 4.17. The van der Waals surface area contributed by atoms with E-state index in [2.05, 4.69) is 14.9 Å². The number of nitrogens with two attached hydrogens (primary N) is 1. The molecule has 0 atom stereocenters. The molecule has 0 aliphatic carbocycles. The lowest BCUT2D eigenvalue weighted by atomic mass is 10.2. The van der Waals surface area contributed by atoms with Crippen molar-refractivity contribution in [2.24, 2.45) is 0 Å². The number of fused-ring (bicyclic) bond motifs is 1. The standard InChI is InChI=1S/C11H13F3N4O/c1-2-5-18(6-11(12,13)14)8-4-3-7(15)9-10(8)17-19-16-9/h3-4H,2,5-6,15H2,1H3. The van der Waals surface area contributed by atoms with Gasteiger partial charge >= 0.3 is 6.18 Å². The zero-order chi connectivity index (χ0) is 14.0. The van der Waals surface area contributed by atoms with Crippen LogP contribution in [0.15, 0.2) is 16.8 Å². The van der Waals surface area contributed by atoms with Crippen LogP contribution in [0.25, 0.3) is 11.0 Å². The average Bonchev–Trinajstić information content (AvgIpc) is 2.77. The maximum atomic E-state index is 12.6. The molecule has 0 spiro atoms. The minimum absolute atomic E-state index is 0.248. The number of benzene rings is 1. The van der Waals surface area contributed by atoms with Crippen LogP contribution in [0.4, 0.5) is 24.5 Å². The van der Waals surface area contributed by atoms with Crippen LogP contribution in [0, 0.1) is 0 Å². The van der Waals surface area contributed by atoms with E-state index >= 15 is 0 Å². The zero-order valence-electron chi connectivity index (χ0n) is 10.2. The first-order valence-corrected chi connectivity index (χ1v) is 5.75. The molecule has 1 aromatic heterocycles. The highest BCUT2D eigenvalue weighted by Crippen LogP contribution is 2.30. The normalized spacial score (nSPS) is 12.0. The Morgan fingerprint density at radius 3 is 2.58 bits per heavy atom. The van der Waals surface area contributed by atoms with Gasteiger partial charge < -0.3 is 10.6 Å². The number of anilines is 2. The number of nitrogens with zero attached hydrogens (tertiary/aromatic N) is 3. The summed E-state index contributed by atoms with van der Waals surface area (Å²) in [6.45, 7) is 1.01. The van der Waals surface area contributed by atoms with E-state index in [-0.39, 0.29) is 17.6 Å². The van der Waals surface area contributed by atoms with Crippen LogP contribution < -0.4 is 10.6 Å². The van der Waals surface area contributed by atoms with Crippen molar-refractivity contribution >= 4 is 22.4 Å². The third-order valence-electron chi connectivity index (χ3n) is 2.63. The van der Waals surface area contributed by atoms with Gasteiger partial charge in [-0.1, -0.05) is 6.92 Å². The maximum Gasteiger partial charge on any atom is 0.405 e. The quantitative estimate of drug-likeness (QED) is 0.868. The van der Waals surface area contributed by atoms with Crippen LogP contribution in [0.1, 0.15) is 13.3 Å². The van der Waals surface area contributed by atoms with Gasteiger partial charge in [-0.15, -0.1) is 0 Å². The van der Waals surface area contributed by atoms with Crippen molar-refractivity contribution < 1.29 is 17.8 Å². The fourth-order valence-electron chi connectivity index (χ4n) is 1.90. The van der Waals surface area contributed by atoms with Crippen molar-refractivity contribution in [1.82, 2.24) is 10.3 Å². The molecular formula is C11H13F3N4O. The molecule has 0 amide bonds. The molecule has 8 heteroatoms. The predicted octanol–water partition coefficient (Wildman–Crippen LogP) is 2.58. The van der Waals surface area contributed by atoms with Gasteiger partial charge in [-0.25, -0.2) is 4.63 Å². The van der Waals surface area contributed by atoms with Crippen LogP contribution in [-0.4, -0.2) is 29.6 Å². The van der Waals surface area contributed by atoms with Crippen LogP contribution in [0.2, 0.25) is 0 Å². The molecule has 0 unspecified atom stereocenters. The van der Waals surface area contributed by atoms with Crippen LogP contribution in [0.3, 0.4) is 0 Å². The van der Waals surface area contributed by atoms with E-state index in [1.54, 1.807) is 6.92 Å². The number of halogens is 3. The number of alkyl halides is 3. The molecular weight excluding hydrogens is 261 g/mol. The van der Waals surface area contributed by atoms with Crippen molar-refractivity contribution in [2.45, 2.75) is 19.5 Å². The third kappa shape index (κ3) is 2.88. The summed E-state index contributed by atoms with van der Waals surface area (Å²) in [5, 5.41) is 7.24. The second kappa shape index (κ2) is 4.94. The van der Waals surface area contributed by atoms with Gasteiger partial charge in [0, 0.05) is 6.54 Å². The first kappa shape index (κ1) is 13.4. The molecule has 19 heavy (non-hydrogen) atoms. The summed E-state index contributed by atoms with van der Waals surface area (Å²) in [6, 6.07) is 3.00. The fraction of sp³-hybridized carbons (Fsp3) is 0.455. The summed E-state index contributed by atoms with van der Waals surface area (Å²) < 4.78 is 42.3. The van der Waals surface area contributed by atoms with E-state index in [0.717, 1.165) is 0 Å². The van der Waals surface area contributed by atoms with Crippen LogP contribution in [-0.2, 0) is 0 Å². The van der Waals surface area contributed by atoms with Crippen molar-refractivity contribution in [3.8, 4) is 0 Å². The number of nitrogen functional groups attached to an aromatic ring is 1. The second-order valence-corrected chi connectivity index (χ2v) is 4.17. The largest absolute Gasteiger partial charge is 0.405 e. The highest BCUT2D eigenvalue weighted by Gasteiger charge is 2.31. The fourth-order valence-corrected chi connectivity index (χ4v) is 1.90. The minimum atomic E-state index is -4.29. The Balaban J connectivity index is 2.44. The Bertz CT molecular complexity index is 567. The smallest absolute Gasteiger partial charge is 0.397 e. The van der Waals surface area contributed by atoms with Gasteiger partial charge in [0.2, 0.25) is 0 Å². The minimum Gasteiger partial charge on any atom is -0.397 e. The topological polar surface area (TPSA) is 68.2 Å². The molecule has 1 heterocycles. The molecule has 5 nitrogen and oxygen atoms in total. The van der Waals surface area contributed by atoms with Crippen LogP contribution in [0.5, 0.6) is 0 Å². The molecule has 0 aliphatic rings. The molecule has 0 radical (unpaired) electrons. The summed E-state index contributed by atoms with van der Waals surface area (Å²) in [5.74, 6) is 0. The van der Waals surface area contributed by atoms with Crippen molar-refractivity contribution in [3.05, 3.63) is 12.1 Å². The highest BCUT2D eigenvalue weighted by molar-refractivity contribution is 5.95. The van der Waals surface area contributed by atoms with Gasteiger partial charge in [-0.05, 0) is 28.9 Å². The number of hydrogen-bond donors (Lipinski definition) is 1. The van der Waals surface area contributed by atoms with Gasteiger partial charge in [-0.2, -0.15) is 13.2 Å². The molecule has 0 bridgehead atoms. The Kier molecular flexibility index (Phi) is 3.50. The monoisotopic (exact) mass is 274 g/mol. The molecule has 104 valence electrons. The molecule has 0 fully saturated rings. The maximum absolute atomic E-state index is 12.6. The van der Waals surface area contributed by atoms with Gasteiger partial charge in [0.05, 0.1) is 11.4 Å². The first-order chi connectivity index (χ1) is 8.92. The van der Waals surface area contributed by atoms with E-state index in [0.29, 0.717) is 17.8 Å². The van der Waals surface area contributed by atoms with Gasteiger partial charge in [-0.3, -0.25) is 0 Å². The van der Waals surface area contributed by atoms with E-state index in [9.17, 15) is 13.2 Å². The number of aromatic nitrogens is 2. The lowest BCUT2D eigenvalue weighted by molar-refractivity contribution is -0.119. The van der Waals surface area contributed by atoms with E-state index in [4.69, 9.17) is 5.73 Å². The molecule has 0 saturated heterocycles. The molecule has 0 saturated carbocycles. The van der Waals surface area contributed by atoms with Gasteiger partial charge in [0.15, 0.2) is 11.0 Å². The van der Waals surface area contributed by atoms with Crippen molar-refractivity contribution in [1.29, 1.82) is 0 Å². The zero-order valence-corrected chi connectivity index (χ0v) is 10.2. The summed E-state index contributed by atoms with van der Waals surface area (Å²) in [5.41, 5.74) is 6.84. The first-order valence-electron chi connectivity index (χ1n) is 5.75. The lowest BCUT2D eigenvalue weighted by Gasteiger charge is -2.25. The third-order valence-corrected chi connectivity index (χ3v) is 2.63. The SMILES string of the molecule is CCCN(CC(F)(F)F)c1ccc(N)c2nonc12. The Labute approximate surface area is 107 Å². The van der Waals surface area contributed by atoms with Crippen molar-refractivity contribution in [2.75, 3.05) is 23.7 Å². The van der Waals surface area contributed by atoms with E-state index in [1.807, 2.05) is 0 Å². The summed E-state index contributed by atoms with van der Waals surface area (Å²) in [4.78, 5) is 1.20. The van der Waals surface area contributed by atoms with E-state index < -0.39 is 12.7 Å². The summed E-state index contributed by atoms with van der Waals surface area (Å²) >= 11 is 0. The Morgan fingerprint density at radius 2 is 1.95 bits per heavy atom. The Morgan fingerprint density at radius 1 is 1.26 bits per heavy atom. The molecule has 2 rings (SSSR count). The molecule has 2 aromatic rings. The number of hydrogen-bond acceptors (Lipinski definition) is 5. The van der Waals surface area contributed by atoms with Gasteiger partial charge in [0.1, 0.15) is 6.54 Å². The lowest BCUT2D eigenvalue weighted by Crippen LogP contribution is -2.35. The molecule has 1 aromatic carbocycles. The average molecular weight is 274 g/mol. The summed E-state index contributed by atoms with van der Waals surface area (Å²) in [6.07, 6.45) is -3.72. The summed E-state index contributed by atoms with van der Waals surface area (Å²) in [7, 11) is 0.